The van der Waals surface area contributed by atoms with E-state index in [1.54, 1.807) is 0 Å². The summed E-state index contributed by atoms with van der Waals surface area (Å²) in [5.41, 5.74) is 3.67. The number of benzene rings is 1. The van der Waals surface area contributed by atoms with E-state index < -0.39 is 0 Å². The fourth-order valence-corrected chi connectivity index (χ4v) is 3.92. The number of nitrogens with zero attached hydrogens (tertiary/aromatic N) is 4. The second-order valence-corrected chi connectivity index (χ2v) is 9.19. The Hall–Kier alpha value is -2.15. The van der Waals surface area contributed by atoms with Crippen LogP contribution >= 0.6 is 11.6 Å². The molecule has 7 heteroatoms. The summed E-state index contributed by atoms with van der Waals surface area (Å²) >= 11 is 6.47. The minimum absolute atomic E-state index is 0.0754. The summed E-state index contributed by atoms with van der Waals surface area (Å²) in [5, 5.41) is 8.93. The van der Waals surface area contributed by atoms with E-state index >= 15 is 0 Å². The van der Waals surface area contributed by atoms with E-state index in [-0.39, 0.29) is 5.41 Å². The molecule has 3 aromatic rings. The van der Waals surface area contributed by atoms with Gasteiger partial charge in [-0.2, -0.15) is 9.61 Å². The van der Waals surface area contributed by atoms with Crippen LogP contribution in [-0.4, -0.2) is 58.9 Å². The van der Waals surface area contributed by atoms with Crippen LogP contribution in [0, 0.1) is 0 Å². The highest BCUT2D eigenvalue weighted by Crippen LogP contribution is 2.33. The van der Waals surface area contributed by atoms with Crippen molar-refractivity contribution in [1.82, 2.24) is 19.5 Å². The molecule has 1 aliphatic heterocycles. The molecule has 160 valence electrons. The first-order valence-corrected chi connectivity index (χ1v) is 11.0. The smallest absolute Gasteiger partial charge is 0.165 e. The zero-order valence-corrected chi connectivity index (χ0v) is 18.7. The second-order valence-electron chi connectivity index (χ2n) is 8.78. The number of nitrogens with one attached hydrogen (secondary N) is 1. The molecule has 6 nitrogen and oxygen atoms in total. The molecular formula is C23H30ClN5O. The van der Waals surface area contributed by atoms with Crippen LogP contribution < -0.4 is 5.32 Å². The summed E-state index contributed by atoms with van der Waals surface area (Å²) in [6.07, 6.45) is 2.92. The van der Waals surface area contributed by atoms with Gasteiger partial charge >= 0.3 is 0 Å². The van der Waals surface area contributed by atoms with Gasteiger partial charge in [0.25, 0.3) is 0 Å². The predicted molar refractivity (Wildman–Crippen MR) is 122 cm³/mol. The fourth-order valence-electron chi connectivity index (χ4n) is 3.69. The van der Waals surface area contributed by atoms with Gasteiger partial charge in [0.05, 0.1) is 25.1 Å². The highest BCUT2D eigenvalue weighted by atomic mass is 35.5. The van der Waals surface area contributed by atoms with Crippen LogP contribution in [0.2, 0.25) is 5.02 Å². The lowest BCUT2D eigenvalue weighted by atomic mass is 9.92. The Labute approximate surface area is 183 Å². The molecule has 0 atom stereocenters. The number of morpholine rings is 1. The molecule has 0 saturated carbocycles. The van der Waals surface area contributed by atoms with Gasteiger partial charge in [0, 0.05) is 47.3 Å². The normalized spacial score (nSPS) is 15.6. The Morgan fingerprint density at radius 2 is 1.90 bits per heavy atom. The highest BCUT2D eigenvalue weighted by Gasteiger charge is 2.21. The van der Waals surface area contributed by atoms with E-state index in [1.165, 1.54) is 0 Å². The number of hydrogen-bond donors (Lipinski definition) is 1. The number of hydrogen-bond acceptors (Lipinski definition) is 5. The number of aromatic nitrogens is 3. The van der Waals surface area contributed by atoms with Crippen molar-refractivity contribution in [2.45, 2.75) is 32.6 Å². The second kappa shape index (κ2) is 8.92. The number of rotatable bonds is 6. The summed E-state index contributed by atoms with van der Waals surface area (Å²) in [6, 6.07) is 9.96. The molecule has 3 heterocycles. The van der Waals surface area contributed by atoms with Crippen molar-refractivity contribution in [3.63, 3.8) is 0 Å². The van der Waals surface area contributed by atoms with Crippen molar-refractivity contribution in [3.8, 4) is 11.1 Å². The summed E-state index contributed by atoms with van der Waals surface area (Å²) in [5.74, 6) is 0.963. The quantitative estimate of drug-likeness (QED) is 0.588. The van der Waals surface area contributed by atoms with E-state index in [0.29, 0.717) is 5.02 Å². The molecule has 1 aromatic carbocycles. The van der Waals surface area contributed by atoms with Crippen LogP contribution in [0.5, 0.6) is 0 Å². The summed E-state index contributed by atoms with van der Waals surface area (Å²) in [6.45, 7) is 12.2. The van der Waals surface area contributed by atoms with Crippen molar-refractivity contribution in [3.05, 3.63) is 47.2 Å². The van der Waals surface area contributed by atoms with Gasteiger partial charge < -0.3 is 10.1 Å². The third kappa shape index (κ3) is 4.61. The van der Waals surface area contributed by atoms with Crippen molar-refractivity contribution >= 4 is 23.1 Å². The Bertz CT molecular complexity index is 1000. The van der Waals surface area contributed by atoms with Crippen LogP contribution in [0.15, 0.2) is 36.5 Å². The van der Waals surface area contributed by atoms with Crippen molar-refractivity contribution in [1.29, 1.82) is 0 Å². The molecule has 0 spiro atoms. The van der Waals surface area contributed by atoms with E-state index in [1.807, 2.05) is 35.0 Å². The summed E-state index contributed by atoms with van der Waals surface area (Å²) in [7, 11) is 0. The number of fused-ring (bicyclic) bond motifs is 1. The topological polar surface area (TPSA) is 54.7 Å². The largest absolute Gasteiger partial charge is 0.379 e. The van der Waals surface area contributed by atoms with Crippen LogP contribution in [0.1, 0.15) is 32.9 Å². The lowest BCUT2D eigenvalue weighted by Crippen LogP contribution is -2.37. The molecule has 0 unspecified atom stereocenters. The number of halogens is 1. The molecule has 4 rings (SSSR count). The third-order valence-corrected chi connectivity index (χ3v) is 5.79. The number of anilines is 1. The average Bonchev–Trinajstić information content (AvgIpc) is 3.15. The van der Waals surface area contributed by atoms with Crippen LogP contribution in [0.4, 0.5) is 5.82 Å². The van der Waals surface area contributed by atoms with Gasteiger partial charge in [-0.3, -0.25) is 4.90 Å². The van der Waals surface area contributed by atoms with Gasteiger partial charge in [0.2, 0.25) is 0 Å². The minimum Gasteiger partial charge on any atom is -0.379 e. The maximum Gasteiger partial charge on any atom is 0.165 e. The predicted octanol–water partition coefficient (Wildman–Crippen LogP) is 4.48. The first-order chi connectivity index (χ1) is 14.4. The molecule has 1 N–H and O–H groups in total. The molecular weight excluding hydrogens is 398 g/mol. The Kier molecular flexibility index (Phi) is 6.27. The SMILES string of the molecule is CC(C)(C)c1cc(NCCCN2CCOCC2)n2ncc(-c3ccccc3Cl)c2n1. The molecule has 0 radical (unpaired) electrons. The summed E-state index contributed by atoms with van der Waals surface area (Å²) in [4.78, 5) is 7.42. The van der Waals surface area contributed by atoms with Gasteiger partial charge in [0.15, 0.2) is 5.65 Å². The lowest BCUT2D eigenvalue weighted by Gasteiger charge is -2.26. The molecule has 0 amide bonds. The zero-order chi connectivity index (χ0) is 21.1. The molecule has 2 aromatic heterocycles. The highest BCUT2D eigenvalue weighted by molar-refractivity contribution is 6.33. The van der Waals surface area contributed by atoms with Gasteiger partial charge in [-0.05, 0) is 19.0 Å². The number of ether oxygens (including phenoxy) is 1. The van der Waals surface area contributed by atoms with Crippen LogP contribution in [0.3, 0.4) is 0 Å². The van der Waals surface area contributed by atoms with E-state index in [4.69, 9.17) is 21.3 Å². The van der Waals surface area contributed by atoms with Gasteiger partial charge in [-0.1, -0.05) is 50.6 Å². The minimum atomic E-state index is -0.0754. The fraction of sp³-hybridized carbons (Fsp3) is 0.478. The average molecular weight is 428 g/mol. The monoisotopic (exact) mass is 427 g/mol. The van der Waals surface area contributed by atoms with Crippen LogP contribution in [0.25, 0.3) is 16.8 Å². The van der Waals surface area contributed by atoms with E-state index in [2.05, 4.69) is 42.2 Å². The molecule has 1 aliphatic rings. The third-order valence-electron chi connectivity index (χ3n) is 5.47. The van der Waals surface area contributed by atoms with E-state index in [9.17, 15) is 0 Å². The Morgan fingerprint density at radius 3 is 2.63 bits per heavy atom. The zero-order valence-electron chi connectivity index (χ0n) is 18.0. The van der Waals surface area contributed by atoms with Crippen molar-refractivity contribution < 1.29 is 4.74 Å². The lowest BCUT2D eigenvalue weighted by molar-refractivity contribution is 0.0378. The maximum absolute atomic E-state index is 6.47. The van der Waals surface area contributed by atoms with Crippen LogP contribution in [-0.2, 0) is 10.2 Å². The molecule has 30 heavy (non-hydrogen) atoms. The van der Waals surface area contributed by atoms with Crippen molar-refractivity contribution in [2.24, 2.45) is 0 Å². The van der Waals surface area contributed by atoms with E-state index in [0.717, 1.165) is 74.1 Å². The van der Waals surface area contributed by atoms with Gasteiger partial charge in [-0.15, -0.1) is 0 Å². The molecule has 1 fully saturated rings. The molecule has 1 saturated heterocycles. The Balaban J connectivity index is 1.61. The van der Waals surface area contributed by atoms with Crippen molar-refractivity contribution in [2.75, 3.05) is 44.7 Å². The standard InChI is InChI=1S/C23H30ClN5O/c1-23(2,3)20-15-21(25-9-6-10-28-11-13-30-14-12-28)29-22(27-20)18(16-26-29)17-7-4-5-8-19(17)24/h4-5,7-8,15-16,25H,6,9-14H2,1-3H3. The van der Waals surface area contributed by atoms with Gasteiger partial charge in [-0.25, -0.2) is 4.98 Å². The first-order valence-electron chi connectivity index (χ1n) is 10.6. The Morgan fingerprint density at radius 1 is 1.13 bits per heavy atom. The maximum atomic E-state index is 6.47. The molecule has 0 bridgehead atoms. The van der Waals surface area contributed by atoms with Gasteiger partial charge in [0.1, 0.15) is 5.82 Å². The molecule has 0 aliphatic carbocycles. The summed E-state index contributed by atoms with van der Waals surface area (Å²) < 4.78 is 7.32. The first kappa shape index (κ1) is 21.1.